The molecule has 0 aromatic heterocycles. The molecule has 2 rings (SSSR count). The zero-order valence-corrected chi connectivity index (χ0v) is 10.5. The quantitative estimate of drug-likeness (QED) is 0.590. The summed E-state index contributed by atoms with van der Waals surface area (Å²) in [6.45, 7) is 4.94. The van der Waals surface area contributed by atoms with Crippen LogP contribution in [0.3, 0.4) is 0 Å². The third-order valence-corrected chi connectivity index (χ3v) is 4.43. The number of hydrogen-bond acceptors (Lipinski definition) is 2. The number of carbonyl (C=O) groups is 1. The highest BCUT2D eigenvalue weighted by Gasteiger charge is 2.25. The fourth-order valence-corrected chi connectivity index (χ4v) is 3.03. The van der Waals surface area contributed by atoms with E-state index in [1.807, 2.05) is 9.80 Å². The molecule has 0 unspecified atom stereocenters. The summed E-state index contributed by atoms with van der Waals surface area (Å²) in [5.41, 5.74) is 1.36. The lowest BCUT2D eigenvalue weighted by atomic mass is 10.1. The molecular formula is C11H18N2O2S. The first-order valence-electron chi connectivity index (χ1n) is 5.71. The Morgan fingerprint density at radius 2 is 1.94 bits per heavy atom. The van der Waals surface area contributed by atoms with E-state index in [0.29, 0.717) is 24.6 Å². The van der Waals surface area contributed by atoms with Crippen LogP contribution in [0.2, 0.25) is 0 Å². The van der Waals surface area contributed by atoms with Crippen molar-refractivity contribution in [3.8, 4) is 0 Å². The van der Waals surface area contributed by atoms with Crippen LogP contribution in [-0.2, 0) is 10.8 Å². The Morgan fingerprint density at radius 3 is 2.50 bits per heavy atom. The van der Waals surface area contributed by atoms with Crippen LogP contribution in [0.1, 0.15) is 13.3 Å². The van der Waals surface area contributed by atoms with Crippen molar-refractivity contribution in [1.82, 2.24) is 9.80 Å². The average molecular weight is 242 g/mol. The van der Waals surface area contributed by atoms with Gasteiger partial charge in [0.15, 0.2) is 0 Å². The third kappa shape index (κ3) is 2.64. The average Bonchev–Trinajstić information content (AvgIpc) is 2.30. The number of amides is 2. The molecule has 2 aliphatic rings. The number of hydrogen-bond donors (Lipinski definition) is 0. The van der Waals surface area contributed by atoms with Crippen molar-refractivity contribution >= 4 is 16.8 Å². The summed E-state index contributed by atoms with van der Waals surface area (Å²) >= 11 is 0. The van der Waals surface area contributed by atoms with Gasteiger partial charge in [0.2, 0.25) is 0 Å². The van der Waals surface area contributed by atoms with E-state index in [1.165, 1.54) is 5.57 Å². The van der Waals surface area contributed by atoms with E-state index in [0.717, 1.165) is 19.5 Å². The van der Waals surface area contributed by atoms with Crippen LogP contribution in [0, 0.1) is 0 Å². The summed E-state index contributed by atoms with van der Waals surface area (Å²) in [6.07, 6.45) is 3.09. The number of urea groups is 1. The van der Waals surface area contributed by atoms with Crippen molar-refractivity contribution in [2.45, 2.75) is 13.3 Å². The zero-order chi connectivity index (χ0) is 11.5. The molecule has 2 aliphatic heterocycles. The Hall–Kier alpha value is -0.840. The minimum Gasteiger partial charge on any atom is -0.323 e. The molecule has 0 atom stereocenters. The van der Waals surface area contributed by atoms with Gasteiger partial charge in [-0.3, -0.25) is 4.21 Å². The second-order valence-electron chi connectivity index (χ2n) is 4.36. The van der Waals surface area contributed by atoms with Crippen LogP contribution < -0.4 is 0 Å². The first-order valence-corrected chi connectivity index (χ1v) is 7.20. The highest BCUT2D eigenvalue weighted by atomic mass is 32.2. The van der Waals surface area contributed by atoms with E-state index in [2.05, 4.69) is 13.0 Å². The molecule has 2 amide bonds. The molecular weight excluding hydrogens is 224 g/mol. The van der Waals surface area contributed by atoms with Crippen LogP contribution in [0.25, 0.3) is 0 Å². The highest BCUT2D eigenvalue weighted by Crippen LogP contribution is 2.12. The van der Waals surface area contributed by atoms with Gasteiger partial charge in [-0.25, -0.2) is 4.79 Å². The van der Waals surface area contributed by atoms with Gasteiger partial charge in [-0.2, -0.15) is 0 Å². The second kappa shape index (κ2) is 4.99. The third-order valence-electron chi connectivity index (χ3n) is 3.15. The molecule has 5 heteroatoms. The lowest BCUT2D eigenvalue weighted by Crippen LogP contribution is -2.49. The van der Waals surface area contributed by atoms with Gasteiger partial charge in [-0.15, -0.1) is 0 Å². The summed E-state index contributed by atoms with van der Waals surface area (Å²) in [5, 5.41) is 0. The summed E-state index contributed by atoms with van der Waals surface area (Å²) in [5.74, 6) is 1.27. The Morgan fingerprint density at radius 1 is 1.25 bits per heavy atom. The molecule has 0 aromatic carbocycles. The topological polar surface area (TPSA) is 40.6 Å². The van der Waals surface area contributed by atoms with Crippen molar-refractivity contribution in [2.24, 2.45) is 0 Å². The minimum atomic E-state index is -0.712. The van der Waals surface area contributed by atoms with Crippen molar-refractivity contribution in [2.75, 3.05) is 37.7 Å². The van der Waals surface area contributed by atoms with Crippen LogP contribution in [0.5, 0.6) is 0 Å². The van der Waals surface area contributed by atoms with E-state index in [1.54, 1.807) is 0 Å². The van der Waals surface area contributed by atoms with E-state index < -0.39 is 10.8 Å². The Bertz CT molecular complexity index is 331. The van der Waals surface area contributed by atoms with Gasteiger partial charge in [0.1, 0.15) is 0 Å². The van der Waals surface area contributed by atoms with E-state index >= 15 is 0 Å². The predicted octanol–water partition coefficient (Wildman–Crippen LogP) is 0.823. The van der Waals surface area contributed by atoms with Crippen molar-refractivity contribution in [3.63, 3.8) is 0 Å². The van der Waals surface area contributed by atoms with Crippen molar-refractivity contribution in [3.05, 3.63) is 11.6 Å². The first-order chi connectivity index (χ1) is 7.66. The Kier molecular flexibility index (Phi) is 3.63. The van der Waals surface area contributed by atoms with Gasteiger partial charge in [-0.1, -0.05) is 11.6 Å². The van der Waals surface area contributed by atoms with Gasteiger partial charge >= 0.3 is 6.03 Å². The SMILES string of the molecule is CC1=CCN(C(=O)N2CCS(=O)CC2)CC1. The molecule has 1 fully saturated rings. The van der Waals surface area contributed by atoms with Gasteiger partial charge in [0, 0.05) is 48.5 Å². The molecule has 0 bridgehead atoms. The maximum Gasteiger partial charge on any atom is 0.320 e. The normalized spacial score (nSPS) is 23.2. The summed E-state index contributed by atoms with van der Waals surface area (Å²) < 4.78 is 11.2. The van der Waals surface area contributed by atoms with Crippen LogP contribution in [0.4, 0.5) is 4.79 Å². The Balaban J connectivity index is 1.90. The summed E-state index contributed by atoms with van der Waals surface area (Å²) in [6, 6.07) is 0.112. The molecule has 0 N–H and O–H groups in total. The van der Waals surface area contributed by atoms with Gasteiger partial charge in [0.05, 0.1) is 0 Å². The molecule has 0 spiro atoms. The number of nitrogens with zero attached hydrogens (tertiary/aromatic N) is 2. The number of carbonyl (C=O) groups excluding carboxylic acids is 1. The maximum absolute atomic E-state index is 12.1. The van der Waals surface area contributed by atoms with Gasteiger partial charge < -0.3 is 9.80 Å². The minimum absolute atomic E-state index is 0.112. The molecule has 0 aliphatic carbocycles. The van der Waals surface area contributed by atoms with Crippen LogP contribution in [-0.4, -0.2) is 57.7 Å². The van der Waals surface area contributed by atoms with Crippen molar-refractivity contribution in [1.29, 1.82) is 0 Å². The maximum atomic E-state index is 12.1. The lowest BCUT2D eigenvalue weighted by Gasteiger charge is -2.33. The van der Waals surface area contributed by atoms with Gasteiger partial charge in [0.25, 0.3) is 0 Å². The standard InChI is InChI=1S/C11H18N2O2S/c1-10-2-4-12(5-3-10)11(14)13-6-8-16(15)9-7-13/h2H,3-9H2,1H3. The molecule has 2 heterocycles. The lowest BCUT2D eigenvalue weighted by molar-refractivity contribution is 0.160. The molecule has 0 saturated carbocycles. The molecule has 4 nitrogen and oxygen atoms in total. The predicted molar refractivity (Wildman–Crippen MR) is 64.8 cm³/mol. The van der Waals surface area contributed by atoms with E-state index in [-0.39, 0.29) is 6.03 Å². The van der Waals surface area contributed by atoms with E-state index in [4.69, 9.17) is 0 Å². The summed E-state index contributed by atoms with van der Waals surface area (Å²) in [4.78, 5) is 15.8. The first kappa shape index (κ1) is 11.6. The highest BCUT2D eigenvalue weighted by molar-refractivity contribution is 7.85. The monoisotopic (exact) mass is 242 g/mol. The van der Waals surface area contributed by atoms with Crippen LogP contribution >= 0.6 is 0 Å². The Labute approximate surface area is 98.7 Å². The molecule has 16 heavy (non-hydrogen) atoms. The van der Waals surface area contributed by atoms with E-state index in [9.17, 15) is 9.00 Å². The smallest absolute Gasteiger partial charge is 0.320 e. The zero-order valence-electron chi connectivity index (χ0n) is 9.65. The molecule has 1 saturated heterocycles. The summed E-state index contributed by atoms with van der Waals surface area (Å²) in [7, 11) is -0.712. The molecule has 0 aromatic rings. The largest absolute Gasteiger partial charge is 0.323 e. The van der Waals surface area contributed by atoms with Gasteiger partial charge in [-0.05, 0) is 13.3 Å². The fourth-order valence-electron chi connectivity index (χ4n) is 1.97. The fraction of sp³-hybridized carbons (Fsp3) is 0.727. The molecule has 0 radical (unpaired) electrons. The second-order valence-corrected chi connectivity index (χ2v) is 6.06. The van der Waals surface area contributed by atoms with Crippen LogP contribution in [0.15, 0.2) is 11.6 Å². The van der Waals surface area contributed by atoms with Crippen molar-refractivity contribution < 1.29 is 9.00 Å². The molecule has 90 valence electrons. The number of rotatable bonds is 0.